The van der Waals surface area contributed by atoms with Crippen LogP contribution in [-0.2, 0) is 9.59 Å². The van der Waals surface area contributed by atoms with Crippen molar-refractivity contribution >= 4 is 40.7 Å². The molecule has 3 heterocycles. The Morgan fingerprint density at radius 2 is 1.97 bits per heavy atom. The van der Waals surface area contributed by atoms with Gasteiger partial charge in [-0.15, -0.1) is 0 Å². The molecule has 0 N–H and O–H groups in total. The van der Waals surface area contributed by atoms with Crippen LogP contribution in [0.15, 0.2) is 54.7 Å². The summed E-state index contributed by atoms with van der Waals surface area (Å²) in [6, 6.07) is 14.3. The lowest BCUT2D eigenvalue weighted by Crippen LogP contribution is -2.41. The van der Waals surface area contributed by atoms with Crippen molar-refractivity contribution in [3.05, 3.63) is 70.5 Å². The summed E-state index contributed by atoms with van der Waals surface area (Å²) < 4.78 is 5.49. The SMILES string of the molecule is O=C1COc2ccc(Cl)cc2N1CCC(=O)N1CCC[C@H]1c1ccnc(-c2cccc(Cl)c2)n1. The number of nitrogens with zero attached hydrogens (tertiary/aromatic N) is 4. The van der Waals surface area contributed by atoms with Gasteiger partial charge in [-0.25, -0.2) is 9.97 Å². The minimum Gasteiger partial charge on any atom is -0.482 e. The Hall–Kier alpha value is -3.16. The Labute approximate surface area is 207 Å². The van der Waals surface area contributed by atoms with Crippen LogP contribution in [0.1, 0.15) is 31.0 Å². The maximum Gasteiger partial charge on any atom is 0.265 e. The second-order valence-electron chi connectivity index (χ2n) is 8.26. The van der Waals surface area contributed by atoms with Crippen LogP contribution < -0.4 is 9.64 Å². The van der Waals surface area contributed by atoms with Crippen LogP contribution in [0.4, 0.5) is 5.69 Å². The van der Waals surface area contributed by atoms with Crippen molar-refractivity contribution in [3.8, 4) is 17.1 Å². The molecule has 0 aliphatic carbocycles. The predicted octanol–water partition coefficient (Wildman–Crippen LogP) is 4.93. The maximum absolute atomic E-state index is 13.2. The third-order valence-electron chi connectivity index (χ3n) is 6.09. The largest absolute Gasteiger partial charge is 0.482 e. The average Bonchev–Trinajstić information content (AvgIpc) is 3.34. The van der Waals surface area contributed by atoms with Gasteiger partial charge in [-0.2, -0.15) is 0 Å². The number of likely N-dealkylation sites (tertiary alicyclic amines) is 1. The van der Waals surface area contributed by atoms with Gasteiger partial charge in [-0.3, -0.25) is 9.59 Å². The van der Waals surface area contributed by atoms with Crippen molar-refractivity contribution in [2.45, 2.75) is 25.3 Å². The number of aromatic nitrogens is 2. The van der Waals surface area contributed by atoms with E-state index < -0.39 is 0 Å². The highest BCUT2D eigenvalue weighted by Gasteiger charge is 2.32. The van der Waals surface area contributed by atoms with Crippen LogP contribution >= 0.6 is 23.2 Å². The van der Waals surface area contributed by atoms with Gasteiger partial charge in [0.25, 0.3) is 5.91 Å². The minimum atomic E-state index is -0.192. The summed E-state index contributed by atoms with van der Waals surface area (Å²) in [5, 5.41) is 1.12. The Morgan fingerprint density at radius 1 is 1.12 bits per heavy atom. The van der Waals surface area contributed by atoms with E-state index in [2.05, 4.69) is 4.98 Å². The first-order chi connectivity index (χ1) is 16.5. The number of hydrogen-bond donors (Lipinski definition) is 0. The number of benzene rings is 2. The fraction of sp³-hybridized carbons (Fsp3) is 0.280. The third-order valence-corrected chi connectivity index (χ3v) is 6.56. The molecule has 2 amide bonds. The van der Waals surface area contributed by atoms with Gasteiger partial charge in [0.2, 0.25) is 5.91 Å². The van der Waals surface area contributed by atoms with Gasteiger partial charge in [-0.05, 0) is 49.2 Å². The lowest BCUT2D eigenvalue weighted by atomic mass is 10.1. The predicted molar refractivity (Wildman–Crippen MR) is 130 cm³/mol. The summed E-state index contributed by atoms with van der Waals surface area (Å²) in [6.45, 7) is 0.858. The summed E-state index contributed by atoms with van der Waals surface area (Å²) in [6.07, 6.45) is 3.63. The first-order valence-electron chi connectivity index (χ1n) is 11.1. The number of rotatable bonds is 5. The Bertz CT molecular complexity index is 1250. The minimum absolute atomic E-state index is 0.0201. The molecule has 0 unspecified atom stereocenters. The van der Waals surface area contributed by atoms with Gasteiger partial charge in [0, 0.05) is 41.3 Å². The van der Waals surface area contributed by atoms with Crippen molar-refractivity contribution in [2.75, 3.05) is 24.6 Å². The van der Waals surface area contributed by atoms with E-state index in [0.29, 0.717) is 33.9 Å². The molecule has 0 spiro atoms. The normalized spacial score (nSPS) is 17.5. The van der Waals surface area contributed by atoms with Crippen LogP contribution in [0.3, 0.4) is 0 Å². The molecule has 3 aromatic rings. The van der Waals surface area contributed by atoms with Crippen molar-refractivity contribution in [3.63, 3.8) is 0 Å². The first-order valence-corrected chi connectivity index (χ1v) is 11.9. The maximum atomic E-state index is 13.2. The molecule has 0 saturated carbocycles. The monoisotopic (exact) mass is 496 g/mol. The number of amides is 2. The fourth-order valence-corrected chi connectivity index (χ4v) is 4.83. The van der Waals surface area contributed by atoms with Gasteiger partial charge in [0.05, 0.1) is 17.4 Å². The number of anilines is 1. The van der Waals surface area contributed by atoms with Gasteiger partial charge in [-0.1, -0.05) is 35.3 Å². The average molecular weight is 497 g/mol. The topological polar surface area (TPSA) is 75.6 Å². The van der Waals surface area contributed by atoms with E-state index in [1.165, 1.54) is 0 Å². The van der Waals surface area contributed by atoms with Gasteiger partial charge < -0.3 is 14.5 Å². The molecule has 1 fully saturated rings. The molecule has 34 heavy (non-hydrogen) atoms. The quantitative estimate of drug-likeness (QED) is 0.500. The van der Waals surface area contributed by atoms with E-state index in [4.69, 9.17) is 32.9 Å². The Morgan fingerprint density at radius 3 is 2.82 bits per heavy atom. The van der Waals surface area contributed by atoms with Gasteiger partial charge in [0.15, 0.2) is 12.4 Å². The lowest BCUT2D eigenvalue weighted by molar-refractivity contribution is -0.132. The van der Waals surface area contributed by atoms with E-state index in [9.17, 15) is 9.59 Å². The molecular formula is C25H22Cl2N4O3. The van der Waals surface area contributed by atoms with E-state index in [1.807, 2.05) is 29.2 Å². The Kier molecular flexibility index (Phi) is 6.39. The summed E-state index contributed by atoms with van der Waals surface area (Å²) >= 11 is 12.2. The summed E-state index contributed by atoms with van der Waals surface area (Å²) in [7, 11) is 0. The molecule has 2 aromatic carbocycles. The molecule has 1 aromatic heterocycles. The van der Waals surface area contributed by atoms with Gasteiger partial charge >= 0.3 is 0 Å². The highest BCUT2D eigenvalue weighted by atomic mass is 35.5. The van der Waals surface area contributed by atoms with Crippen molar-refractivity contribution < 1.29 is 14.3 Å². The van der Waals surface area contributed by atoms with E-state index in [0.717, 1.165) is 24.1 Å². The number of carbonyl (C=O) groups excluding carboxylic acids is 2. The zero-order chi connectivity index (χ0) is 23.7. The standard InChI is InChI=1S/C25H22Cl2N4O3/c26-17-4-1-3-16(13-17)25-28-10-8-19(29-25)20-5-2-11-30(20)23(32)9-12-31-21-14-18(27)6-7-22(21)34-15-24(31)33/h1,3-4,6-8,10,13-14,20H,2,5,9,11-12,15H2/t20-/m0/s1. The number of hydrogen-bond acceptors (Lipinski definition) is 5. The van der Waals surface area contributed by atoms with E-state index in [1.54, 1.807) is 35.4 Å². The van der Waals surface area contributed by atoms with Crippen LogP contribution in [0.25, 0.3) is 11.4 Å². The van der Waals surface area contributed by atoms with Crippen molar-refractivity contribution in [1.82, 2.24) is 14.9 Å². The smallest absolute Gasteiger partial charge is 0.265 e. The van der Waals surface area contributed by atoms with Crippen molar-refractivity contribution in [2.24, 2.45) is 0 Å². The van der Waals surface area contributed by atoms with Crippen LogP contribution in [-0.4, -0.2) is 46.4 Å². The van der Waals surface area contributed by atoms with Gasteiger partial charge in [0.1, 0.15) is 5.75 Å². The molecule has 0 bridgehead atoms. The number of halogens is 2. The first kappa shape index (κ1) is 22.6. The molecule has 174 valence electrons. The number of fused-ring (bicyclic) bond motifs is 1. The third kappa shape index (κ3) is 4.58. The molecule has 7 nitrogen and oxygen atoms in total. The molecule has 1 saturated heterocycles. The van der Waals surface area contributed by atoms with E-state index in [-0.39, 0.29) is 37.4 Å². The van der Waals surface area contributed by atoms with Crippen LogP contribution in [0.5, 0.6) is 5.75 Å². The molecule has 9 heteroatoms. The number of carbonyl (C=O) groups is 2. The zero-order valence-electron chi connectivity index (χ0n) is 18.3. The highest BCUT2D eigenvalue weighted by Crippen LogP contribution is 2.35. The highest BCUT2D eigenvalue weighted by molar-refractivity contribution is 6.31. The second-order valence-corrected chi connectivity index (χ2v) is 9.13. The summed E-state index contributed by atoms with van der Waals surface area (Å²) in [5.74, 6) is 0.951. The Balaban J connectivity index is 1.31. The fourth-order valence-electron chi connectivity index (χ4n) is 4.47. The molecule has 2 aliphatic rings. The molecule has 1 atom stereocenters. The van der Waals surface area contributed by atoms with Crippen LogP contribution in [0, 0.1) is 0 Å². The molecule has 2 aliphatic heterocycles. The number of ether oxygens (including phenoxy) is 1. The molecule has 0 radical (unpaired) electrons. The molecule has 5 rings (SSSR count). The van der Waals surface area contributed by atoms with Crippen LogP contribution in [0.2, 0.25) is 10.0 Å². The zero-order valence-corrected chi connectivity index (χ0v) is 19.8. The lowest BCUT2D eigenvalue weighted by Gasteiger charge is -2.30. The summed E-state index contributed by atoms with van der Waals surface area (Å²) in [5.41, 5.74) is 2.22. The van der Waals surface area contributed by atoms with Crippen molar-refractivity contribution in [1.29, 1.82) is 0 Å². The second kappa shape index (κ2) is 9.60. The molecular weight excluding hydrogens is 475 g/mol. The van der Waals surface area contributed by atoms with E-state index >= 15 is 0 Å². The summed E-state index contributed by atoms with van der Waals surface area (Å²) in [4.78, 5) is 38.3.